The molecule has 1 saturated carbocycles. The summed E-state index contributed by atoms with van der Waals surface area (Å²) in [4.78, 5) is 30.3. The van der Waals surface area contributed by atoms with E-state index in [4.69, 9.17) is 4.52 Å². The van der Waals surface area contributed by atoms with E-state index in [0.717, 1.165) is 13.1 Å². The highest BCUT2D eigenvalue weighted by Crippen LogP contribution is 2.44. The Bertz CT molecular complexity index is 827. The molecule has 1 N–H and O–H groups in total. The number of rotatable bonds is 4. The average Bonchev–Trinajstić information content (AvgIpc) is 3.02. The molecule has 1 saturated heterocycles. The number of likely N-dealkylation sites (tertiary alicyclic amines) is 1. The topological polar surface area (TPSA) is 88.3 Å². The fourth-order valence-electron chi connectivity index (χ4n) is 3.23. The Morgan fingerprint density at radius 3 is 2.84 bits per heavy atom. The van der Waals surface area contributed by atoms with Crippen molar-refractivity contribution in [2.24, 2.45) is 11.8 Å². The van der Waals surface area contributed by atoms with Gasteiger partial charge < -0.3 is 14.7 Å². The molecule has 0 radical (unpaired) electrons. The number of aromatic nitrogens is 2. The number of fused-ring (bicyclic) bond motifs is 1. The number of nitrogens with zero attached hydrogens (tertiary/aromatic N) is 3. The highest BCUT2D eigenvalue weighted by molar-refractivity contribution is 5.94. The molecule has 8 heteroatoms. The number of nitrogens with one attached hydrogen (secondary N) is 1. The van der Waals surface area contributed by atoms with E-state index >= 15 is 0 Å². The third-order valence-electron chi connectivity index (χ3n) is 4.71. The van der Waals surface area contributed by atoms with Crippen molar-refractivity contribution < 1.29 is 18.5 Å². The lowest BCUT2D eigenvalue weighted by Gasteiger charge is -2.22. The molecule has 7 nitrogen and oxygen atoms in total. The van der Waals surface area contributed by atoms with Crippen LogP contribution in [0.2, 0.25) is 0 Å². The summed E-state index contributed by atoms with van der Waals surface area (Å²) in [7, 11) is 0. The van der Waals surface area contributed by atoms with Crippen molar-refractivity contribution in [2.45, 2.75) is 19.4 Å². The largest absolute Gasteiger partial charge is 0.340 e. The third-order valence-corrected chi connectivity index (χ3v) is 4.71. The Kier molecular flexibility index (Phi) is 3.74. The minimum Gasteiger partial charge on any atom is -0.340 e. The van der Waals surface area contributed by atoms with Gasteiger partial charge in [0.2, 0.25) is 5.91 Å². The van der Waals surface area contributed by atoms with E-state index in [0.29, 0.717) is 17.4 Å². The van der Waals surface area contributed by atoms with Gasteiger partial charge in [0.25, 0.3) is 17.6 Å². The number of piperidine rings is 1. The Labute approximate surface area is 143 Å². The summed E-state index contributed by atoms with van der Waals surface area (Å²) in [6.45, 7) is 3.18. The molecule has 1 aromatic carbocycles. The number of hydrogen-bond acceptors (Lipinski definition) is 5. The predicted octanol–water partition coefficient (Wildman–Crippen LogP) is 1.47. The van der Waals surface area contributed by atoms with Crippen LogP contribution in [0, 0.1) is 17.7 Å². The normalized spacial score (nSPS) is 22.4. The standard InChI is InChI=1S/C17H17FN4O3/c1-9(17(24)22-7-11-5-12(11)8-22)19-15(23)14-20-16(25-21-14)10-3-2-4-13(18)6-10/h2-4,6,9,11-12H,5,7-8H2,1H3,(H,19,23)/t9-,11?,12?/m1/s1. The van der Waals surface area contributed by atoms with Crippen LogP contribution in [0.5, 0.6) is 0 Å². The predicted molar refractivity (Wildman–Crippen MR) is 84.8 cm³/mol. The maximum absolute atomic E-state index is 13.2. The molecule has 2 aromatic rings. The minimum absolute atomic E-state index is 0.0447. The fraction of sp³-hybridized carbons (Fsp3) is 0.412. The summed E-state index contributed by atoms with van der Waals surface area (Å²) in [5, 5.41) is 6.20. The summed E-state index contributed by atoms with van der Waals surface area (Å²) in [6, 6.07) is 4.98. The molecule has 25 heavy (non-hydrogen) atoms. The Morgan fingerprint density at radius 2 is 2.12 bits per heavy atom. The SMILES string of the molecule is C[C@@H](NC(=O)c1noc(-c2cccc(F)c2)n1)C(=O)N1CC2CC2C1. The van der Waals surface area contributed by atoms with Crippen LogP contribution < -0.4 is 5.32 Å². The second-order valence-corrected chi connectivity index (χ2v) is 6.63. The zero-order valence-corrected chi connectivity index (χ0v) is 13.6. The van der Waals surface area contributed by atoms with E-state index in [2.05, 4.69) is 15.5 Å². The van der Waals surface area contributed by atoms with Crippen LogP contribution in [0.4, 0.5) is 4.39 Å². The van der Waals surface area contributed by atoms with E-state index in [1.54, 1.807) is 17.9 Å². The molecule has 4 rings (SSSR count). The molecule has 0 bridgehead atoms. The Hall–Kier alpha value is -2.77. The van der Waals surface area contributed by atoms with Crippen LogP contribution in [0.15, 0.2) is 28.8 Å². The van der Waals surface area contributed by atoms with Crippen LogP contribution in [-0.2, 0) is 4.79 Å². The quantitative estimate of drug-likeness (QED) is 0.907. The number of carbonyl (C=O) groups excluding carboxylic acids is 2. The van der Waals surface area contributed by atoms with Crippen molar-refractivity contribution in [2.75, 3.05) is 13.1 Å². The van der Waals surface area contributed by atoms with E-state index < -0.39 is 17.8 Å². The van der Waals surface area contributed by atoms with Crippen LogP contribution in [-0.4, -0.2) is 46.0 Å². The van der Waals surface area contributed by atoms with Gasteiger partial charge in [0.05, 0.1) is 0 Å². The highest BCUT2D eigenvalue weighted by Gasteiger charge is 2.47. The second-order valence-electron chi connectivity index (χ2n) is 6.63. The third kappa shape index (κ3) is 3.11. The van der Waals surface area contributed by atoms with Gasteiger partial charge in [-0.2, -0.15) is 4.98 Å². The molecule has 2 aliphatic rings. The van der Waals surface area contributed by atoms with Crippen LogP contribution in [0.25, 0.3) is 11.5 Å². The minimum atomic E-state index is -0.666. The number of amides is 2. The smallest absolute Gasteiger partial charge is 0.293 e. The molecule has 1 aromatic heterocycles. The molecular formula is C17H17FN4O3. The van der Waals surface area contributed by atoms with Crippen LogP contribution in [0.1, 0.15) is 24.0 Å². The monoisotopic (exact) mass is 344 g/mol. The van der Waals surface area contributed by atoms with Gasteiger partial charge in [0.1, 0.15) is 11.9 Å². The first-order valence-electron chi connectivity index (χ1n) is 8.20. The van der Waals surface area contributed by atoms with Crippen molar-refractivity contribution >= 4 is 11.8 Å². The second kappa shape index (κ2) is 5.94. The molecule has 0 spiro atoms. The number of halogens is 1. The Balaban J connectivity index is 1.40. The molecule has 1 aliphatic heterocycles. The molecule has 3 atom stereocenters. The first-order valence-corrected chi connectivity index (χ1v) is 8.20. The van der Waals surface area contributed by atoms with E-state index in [1.807, 2.05) is 0 Å². The van der Waals surface area contributed by atoms with Crippen molar-refractivity contribution in [1.82, 2.24) is 20.4 Å². The van der Waals surface area contributed by atoms with Gasteiger partial charge in [-0.15, -0.1) is 0 Å². The summed E-state index contributed by atoms with van der Waals surface area (Å²) in [5.74, 6) is -0.0159. The number of carbonyl (C=O) groups is 2. The maximum atomic E-state index is 13.2. The molecule has 1 aliphatic carbocycles. The highest BCUT2D eigenvalue weighted by atomic mass is 19.1. The van der Waals surface area contributed by atoms with Gasteiger partial charge in [0, 0.05) is 18.7 Å². The van der Waals surface area contributed by atoms with Gasteiger partial charge in [-0.05, 0) is 43.4 Å². The van der Waals surface area contributed by atoms with Gasteiger partial charge in [-0.1, -0.05) is 11.2 Å². The lowest BCUT2D eigenvalue weighted by molar-refractivity contribution is -0.132. The summed E-state index contributed by atoms with van der Waals surface area (Å²) in [6.07, 6.45) is 1.20. The average molecular weight is 344 g/mol. The van der Waals surface area contributed by atoms with E-state index in [9.17, 15) is 14.0 Å². The molecule has 2 fully saturated rings. The summed E-state index contributed by atoms with van der Waals surface area (Å²) in [5.41, 5.74) is 0.381. The van der Waals surface area contributed by atoms with Crippen molar-refractivity contribution in [3.63, 3.8) is 0 Å². The van der Waals surface area contributed by atoms with Crippen molar-refractivity contribution in [3.8, 4) is 11.5 Å². The molecule has 2 heterocycles. The van der Waals surface area contributed by atoms with E-state index in [1.165, 1.54) is 24.6 Å². The molecular weight excluding hydrogens is 327 g/mol. The van der Waals surface area contributed by atoms with Gasteiger partial charge in [-0.25, -0.2) is 4.39 Å². The van der Waals surface area contributed by atoms with Crippen molar-refractivity contribution in [1.29, 1.82) is 0 Å². The molecule has 2 unspecified atom stereocenters. The number of hydrogen-bond donors (Lipinski definition) is 1. The summed E-state index contributed by atoms with van der Waals surface area (Å²) < 4.78 is 18.3. The maximum Gasteiger partial charge on any atom is 0.293 e. The lowest BCUT2D eigenvalue weighted by Crippen LogP contribution is -2.46. The molecule has 2 amide bonds. The van der Waals surface area contributed by atoms with Crippen LogP contribution in [0.3, 0.4) is 0 Å². The van der Waals surface area contributed by atoms with Gasteiger partial charge in [-0.3, -0.25) is 9.59 Å². The first kappa shape index (κ1) is 15.7. The Morgan fingerprint density at radius 1 is 1.36 bits per heavy atom. The lowest BCUT2D eigenvalue weighted by atomic mass is 10.2. The van der Waals surface area contributed by atoms with E-state index in [-0.39, 0.29) is 17.6 Å². The zero-order valence-electron chi connectivity index (χ0n) is 13.6. The first-order chi connectivity index (χ1) is 12.0. The van der Waals surface area contributed by atoms with Crippen LogP contribution >= 0.6 is 0 Å². The molecule has 130 valence electrons. The number of benzene rings is 1. The van der Waals surface area contributed by atoms with Gasteiger partial charge in [0.15, 0.2) is 0 Å². The summed E-state index contributed by atoms with van der Waals surface area (Å²) >= 11 is 0. The van der Waals surface area contributed by atoms with Gasteiger partial charge >= 0.3 is 0 Å². The zero-order chi connectivity index (χ0) is 17.6. The fourth-order valence-corrected chi connectivity index (χ4v) is 3.23. The van der Waals surface area contributed by atoms with Crippen molar-refractivity contribution in [3.05, 3.63) is 35.9 Å².